The first-order valence-electron chi connectivity index (χ1n) is 8.81. The molecular weight excluding hydrogens is 440 g/mol. The monoisotopic (exact) mass is 456 g/mol. The maximum atomic E-state index is 13.1. The maximum absolute atomic E-state index is 13.1. The average molecular weight is 457 g/mol. The number of rotatable bonds is 6. The number of para-hydroxylation sites is 1. The lowest BCUT2D eigenvalue weighted by Crippen LogP contribution is -2.19. The molecule has 0 aliphatic heterocycles. The predicted octanol–water partition coefficient (Wildman–Crippen LogP) is 3.65. The number of aromatic amines is 1. The third-order valence-electron chi connectivity index (χ3n) is 4.49. The highest BCUT2D eigenvalue weighted by Crippen LogP contribution is 2.29. The molecule has 0 fully saturated rings. The van der Waals surface area contributed by atoms with E-state index in [1.807, 2.05) is 34.9 Å². The van der Waals surface area contributed by atoms with Crippen LogP contribution in [-0.4, -0.2) is 34.3 Å². The molecule has 8 nitrogen and oxygen atoms in total. The second kappa shape index (κ2) is 8.06. The lowest BCUT2D eigenvalue weighted by atomic mass is 10.1. The van der Waals surface area contributed by atoms with Gasteiger partial charge in [-0.25, -0.2) is 4.79 Å². The number of benzene rings is 2. The highest BCUT2D eigenvalue weighted by atomic mass is 79.9. The molecule has 4 aromatic rings. The molecule has 2 N–H and O–H groups in total. The largest absolute Gasteiger partial charge is 0.439 e. The molecule has 0 saturated heterocycles. The second-order valence-electron chi connectivity index (χ2n) is 6.32. The fourth-order valence-electron chi connectivity index (χ4n) is 3.18. The summed E-state index contributed by atoms with van der Waals surface area (Å²) in [7, 11) is 1.62. The number of methoxy groups -OCH3 is 1. The minimum absolute atomic E-state index is 0.228. The number of amides is 1. The molecule has 2 aromatic heterocycles. The molecule has 0 radical (unpaired) electrons. The average Bonchev–Trinajstić information content (AvgIpc) is 3.31. The van der Waals surface area contributed by atoms with E-state index in [1.165, 1.54) is 0 Å². The van der Waals surface area contributed by atoms with E-state index in [9.17, 15) is 9.59 Å². The van der Waals surface area contributed by atoms with E-state index in [-0.39, 0.29) is 11.7 Å². The van der Waals surface area contributed by atoms with E-state index in [2.05, 4.69) is 35.9 Å². The molecule has 0 unspecified atom stereocenters. The number of fused-ring (bicyclic) bond motifs is 1. The number of anilines is 1. The van der Waals surface area contributed by atoms with Crippen molar-refractivity contribution in [3.05, 3.63) is 69.2 Å². The van der Waals surface area contributed by atoms with Gasteiger partial charge in [-0.3, -0.25) is 14.3 Å². The van der Waals surface area contributed by atoms with Crippen molar-refractivity contribution in [1.82, 2.24) is 14.7 Å². The van der Waals surface area contributed by atoms with Gasteiger partial charge in [0.05, 0.1) is 12.3 Å². The zero-order chi connectivity index (χ0) is 20.4. The fraction of sp³-hybridized carbons (Fsp3) is 0.150. The summed E-state index contributed by atoms with van der Waals surface area (Å²) in [5.41, 5.74) is 2.47. The molecule has 0 saturated carbocycles. The van der Waals surface area contributed by atoms with Crippen molar-refractivity contribution in [2.24, 2.45) is 0 Å². The number of hydrogen-bond donors (Lipinski definition) is 2. The van der Waals surface area contributed by atoms with Crippen LogP contribution in [0.2, 0.25) is 0 Å². The number of nitrogens with one attached hydrogen (secondary N) is 2. The molecule has 1 amide bonds. The van der Waals surface area contributed by atoms with Gasteiger partial charge in [0, 0.05) is 34.6 Å². The van der Waals surface area contributed by atoms with Gasteiger partial charge in [0.25, 0.3) is 5.91 Å². The van der Waals surface area contributed by atoms with Gasteiger partial charge in [-0.05, 0) is 30.3 Å². The van der Waals surface area contributed by atoms with E-state index < -0.39 is 5.76 Å². The van der Waals surface area contributed by atoms with E-state index >= 15 is 0 Å². The Kier molecular flexibility index (Phi) is 5.32. The van der Waals surface area contributed by atoms with Crippen LogP contribution in [0.25, 0.3) is 22.3 Å². The summed E-state index contributed by atoms with van der Waals surface area (Å²) < 4.78 is 12.5. The van der Waals surface area contributed by atoms with E-state index in [0.717, 1.165) is 15.4 Å². The standard InChI is InChI=1S/C20H17BrN4O4/c1-28-9-8-25-16-5-3-2-4-12(16)10-17(25)19(26)22-15-7-6-13(21)11-14(15)18-23-20(27)29-24-18/h2-7,10-11H,8-9H2,1H3,(H,22,26)(H,23,24,27). The van der Waals surface area contributed by atoms with Crippen LogP contribution < -0.4 is 11.1 Å². The zero-order valence-electron chi connectivity index (χ0n) is 15.4. The molecule has 2 heterocycles. The molecule has 148 valence electrons. The number of carbonyl (C=O) groups excluding carboxylic acids is 1. The quantitative estimate of drug-likeness (QED) is 0.460. The Morgan fingerprint density at radius 2 is 2.10 bits per heavy atom. The van der Waals surface area contributed by atoms with Crippen LogP contribution >= 0.6 is 15.9 Å². The van der Waals surface area contributed by atoms with Gasteiger partial charge in [-0.2, -0.15) is 0 Å². The Morgan fingerprint density at radius 1 is 1.28 bits per heavy atom. The van der Waals surface area contributed by atoms with Crippen molar-refractivity contribution in [1.29, 1.82) is 0 Å². The number of H-pyrrole nitrogens is 1. The number of carbonyl (C=O) groups is 1. The highest BCUT2D eigenvalue weighted by molar-refractivity contribution is 9.10. The summed E-state index contributed by atoms with van der Waals surface area (Å²) >= 11 is 3.39. The number of ether oxygens (including phenoxy) is 1. The molecule has 29 heavy (non-hydrogen) atoms. The van der Waals surface area contributed by atoms with Gasteiger partial charge in [0.15, 0.2) is 5.82 Å². The summed E-state index contributed by atoms with van der Waals surface area (Å²) in [6.07, 6.45) is 0. The number of nitrogens with zero attached hydrogens (tertiary/aromatic N) is 2. The van der Waals surface area contributed by atoms with Crippen molar-refractivity contribution < 1.29 is 14.1 Å². The first-order valence-corrected chi connectivity index (χ1v) is 9.60. The number of hydrogen-bond acceptors (Lipinski definition) is 5. The summed E-state index contributed by atoms with van der Waals surface area (Å²) in [5.74, 6) is -0.727. The first-order chi connectivity index (χ1) is 14.1. The molecule has 2 aromatic carbocycles. The summed E-state index contributed by atoms with van der Waals surface area (Å²) in [5, 5.41) is 7.60. The fourth-order valence-corrected chi connectivity index (χ4v) is 3.54. The predicted molar refractivity (Wildman–Crippen MR) is 112 cm³/mol. The third-order valence-corrected chi connectivity index (χ3v) is 4.98. The summed E-state index contributed by atoms with van der Waals surface area (Å²) in [6.45, 7) is 1.01. The van der Waals surface area contributed by atoms with Crippen molar-refractivity contribution in [2.45, 2.75) is 6.54 Å². The van der Waals surface area contributed by atoms with E-state index in [1.54, 1.807) is 25.3 Å². The van der Waals surface area contributed by atoms with Crippen LogP contribution in [-0.2, 0) is 11.3 Å². The Labute approximate surface area is 173 Å². The highest BCUT2D eigenvalue weighted by Gasteiger charge is 2.18. The van der Waals surface area contributed by atoms with Crippen molar-refractivity contribution in [3.63, 3.8) is 0 Å². The molecule has 0 atom stereocenters. The van der Waals surface area contributed by atoms with Crippen LogP contribution in [0, 0.1) is 0 Å². The Balaban J connectivity index is 1.73. The van der Waals surface area contributed by atoms with Crippen LogP contribution in [0.5, 0.6) is 0 Å². The maximum Gasteiger partial charge on any atom is 0.439 e. The lowest BCUT2D eigenvalue weighted by molar-refractivity contribution is 0.101. The third kappa shape index (κ3) is 3.87. The number of aromatic nitrogens is 3. The van der Waals surface area contributed by atoms with Gasteiger partial charge in [-0.1, -0.05) is 39.3 Å². The molecule has 0 aliphatic carbocycles. The SMILES string of the molecule is COCCn1c(C(=O)Nc2ccc(Br)cc2-c2noc(=O)[nH]2)cc2ccccc21. The van der Waals surface area contributed by atoms with Crippen molar-refractivity contribution in [3.8, 4) is 11.4 Å². The molecule has 0 spiro atoms. The summed E-state index contributed by atoms with van der Waals surface area (Å²) in [6, 6.07) is 14.9. The van der Waals surface area contributed by atoms with Crippen LogP contribution in [0.1, 0.15) is 10.5 Å². The summed E-state index contributed by atoms with van der Waals surface area (Å²) in [4.78, 5) is 27.0. The van der Waals surface area contributed by atoms with Crippen molar-refractivity contribution >= 4 is 38.4 Å². The van der Waals surface area contributed by atoms with Crippen molar-refractivity contribution in [2.75, 3.05) is 19.0 Å². The normalized spacial score (nSPS) is 11.1. The topological polar surface area (TPSA) is 102 Å². The second-order valence-corrected chi connectivity index (χ2v) is 7.24. The van der Waals surface area contributed by atoms with Gasteiger partial charge in [0.2, 0.25) is 0 Å². The lowest BCUT2D eigenvalue weighted by Gasteiger charge is -2.12. The molecular formula is C20H17BrN4O4. The molecule has 0 bridgehead atoms. The minimum Gasteiger partial charge on any atom is -0.383 e. The van der Waals surface area contributed by atoms with Crippen LogP contribution in [0.4, 0.5) is 5.69 Å². The Hall–Kier alpha value is -3.17. The molecule has 0 aliphatic rings. The minimum atomic E-state index is -0.669. The van der Waals surface area contributed by atoms with E-state index in [4.69, 9.17) is 4.74 Å². The van der Waals surface area contributed by atoms with Crippen LogP contribution in [0.3, 0.4) is 0 Å². The van der Waals surface area contributed by atoms with Gasteiger partial charge >= 0.3 is 5.76 Å². The van der Waals surface area contributed by atoms with Gasteiger partial charge in [0.1, 0.15) is 5.69 Å². The Morgan fingerprint density at radius 3 is 2.86 bits per heavy atom. The first kappa shape index (κ1) is 19.2. The molecule has 4 rings (SSSR count). The van der Waals surface area contributed by atoms with Gasteiger partial charge in [-0.15, -0.1) is 0 Å². The smallest absolute Gasteiger partial charge is 0.383 e. The van der Waals surface area contributed by atoms with E-state index in [0.29, 0.717) is 30.1 Å². The number of halogens is 1. The molecule has 9 heteroatoms. The van der Waals surface area contributed by atoms with Gasteiger partial charge < -0.3 is 14.6 Å². The Bertz CT molecular complexity index is 1240. The zero-order valence-corrected chi connectivity index (χ0v) is 17.0. The van der Waals surface area contributed by atoms with Crippen LogP contribution in [0.15, 0.2) is 62.3 Å².